The molecule has 0 saturated carbocycles. The van der Waals surface area contributed by atoms with E-state index in [0.29, 0.717) is 0 Å². The summed E-state index contributed by atoms with van der Waals surface area (Å²) >= 11 is 0. The Hall–Kier alpha value is -0.460. The van der Waals surface area contributed by atoms with Crippen molar-refractivity contribution in [1.29, 1.82) is 0 Å². The number of methoxy groups -OCH3 is 1. The van der Waals surface area contributed by atoms with E-state index in [0.717, 1.165) is 5.92 Å². The summed E-state index contributed by atoms with van der Waals surface area (Å²) in [7, 11) is 1.76. The number of hydrogen-bond donors (Lipinski definition) is 0. The highest BCUT2D eigenvalue weighted by atomic mass is 16.5. The Bertz CT molecular complexity index is 259. The lowest BCUT2D eigenvalue weighted by Gasteiger charge is -2.12. The van der Waals surface area contributed by atoms with Gasteiger partial charge >= 0.3 is 0 Å². The Balaban J connectivity index is 3.52. The Labute approximate surface area is 160 Å². The van der Waals surface area contributed by atoms with Gasteiger partial charge in [0.25, 0.3) is 0 Å². The van der Waals surface area contributed by atoms with Gasteiger partial charge in [-0.15, -0.1) is 0 Å². The first-order valence-corrected chi connectivity index (χ1v) is 11.5. The molecule has 0 amide bonds. The second kappa shape index (κ2) is 21.6. The zero-order valence-corrected chi connectivity index (χ0v) is 17.9. The van der Waals surface area contributed by atoms with Crippen LogP contribution in [0, 0.1) is 5.92 Å². The second-order valence-corrected chi connectivity index (χ2v) is 7.85. The van der Waals surface area contributed by atoms with Gasteiger partial charge in [0.2, 0.25) is 0 Å². The fraction of sp³-hybridized carbons (Fsp3) is 0.917. The van der Waals surface area contributed by atoms with E-state index < -0.39 is 0 Å². The Morgan fingerprint density at radius 2 is 0.920 bits per heavy atom. The number of ether oxygens (including phenoxy) is 1. The van der Waals surface area contributed by atoms with Crippen molar-refractivity contribution >= 4 is 0 Å². The van der Waals surface area contributed by atoms with Gasteiger partial charge in [0, 0.05) is 0 Å². The van der Waals surface area contributed by atoms with Crippen LogP contribution < -0.4 is 0 Å². The summed E-state index contributed by atoms with van der Waals surface area (Å²) < 4.78 is 5.14. The Morgan fingerprint density at radius 3 is 1.28 bits per heavy atom. The van der Waals surface area contributed by atoms with Crippen LogP contribution in [0.2, 0.25) is 0 Å². The predicted octanol–water partition coefficient (Wildman–Crippen LogP) is 8.82. The molecule has 25 heavy (non-hydrogen) atoms. The number of allylic oxidation sites excluding steroid dienone is 1. The van der Waals surface area contributed by atoms with Gasteiger partial charge in [-0.2, -0.15) is 0 Å². The van der Waals surface area contributed by atoms with Crippen molar-refractivity contribution in [3.05, 3.63) is 12.3 Å². The zero-order chi connectivity index (χ0) is 18.4. The third-order valence-corrected chi connectivity index (χ3v) is 5.34. The lowest BCUT2D eigenvalue weighted by atomic mass is 9.94. The Kier molecular flexibility index (Phi) is 21.2. The van der Waals surface area contributed by atoms with Crippen molar-refractivity contribution in [2.45, 2.75) is 129 Å². The highest BCUT2D eigenvalue weighted by molar-refractivity contribution is 4.83. The summed E-state index contributed by atoms with van der Waals surface area (Å²) in [5.74, 6) is 0.736. The first-order chi connectivity index (χ1) is 12.3. The maximum atomic E-state index is 5.14. The monoisotopic (exact) mass is 352 g/mol. The standard InChI is InChI=1S/C24H48O/c1-4-6-8-10-11-12-13-14-15-17-19-21-24(22-23-25-3)20-18-16-9-7-5-2/h22-24H,4-21H2,1-3H3/b23-22+/t24-/m1/s1. The summed E-state index contributed by atoms with van der Waals surface area (Å²) in [4.78, 5) is 0. The summed E-state index contributed by atoms with van der Waals surface area (Å²) in [5.41, 5.74) is 0. The molecule has 0 unspecified atom stereocenters. The molecule has 0 saturated heterocycles. The van der Waals surface area contributed by atoms with Crippen LogP contribution in [0.4, 0.5) is 0 Å². The smallest absolute Gasteiger partial charge is 0.0787 e. The number of rotatable bonds is 20. The molecule has 0 aliphatic rings. The SMILES string of the molecule is CCCCCCCCCCCCC[C@H](/C=C/OC)CCCCCCC. The summed E-state index contributed by atoms with van der Waals surface area (Å²) in [5, 5.41) is 0. The second-order valence-electron chi connectivity index (χ2n) is 7.85. The molecule has 0 bridgehead atoms. The van der Waals surface area contributed by atoms with E-state index in [1.807, 2.05) is 6.26 Å². The molecule has 0 aliphatic carbocycles. The van der Waals surface area contributed by atoms with E-state index in [1.54, 1.807) is 7.11 Å². The highest BCUT2D eigenvalue weighted by Gasteiger charge is 2.05. The van der Waals surface area contributed by atoms with Gasteiger partial charge in [-0.25, -0.2) is 0 Å². The zero-order valence-electron chi connectivity index (χ0n) is 17.9. The van der Waals surface area contributed by atoms with Crippen LogP contribution in [0.1, 0.15) is 129 Å². The maximum absolute atomic E-state index is 5.14. The normalized spacial score (nSPS) is 12.8. The van der Waals surface area contributed by atoms with Gasteiger partial charge in [0.05, 0.1) is 13.4 Å². The van der Waals surface area contributed by atoms with Gasteiger partial charge in [0.1, 0.15) is 0 Å². The lowest BCUT2D eigenvalue weighted by molar-refractivity contribution is 0.330. The average Bonchev–Trinajstić information content (AvgIpc) is 2.63. The molecule has 0 rings (SSSR count). The van der Waals surface area contributed by atoms with Gasteiger partial charge in [-0.3, -0.25) is 0 Å². The summed E-state index contributed by atoms with van der Waals surface area (Å²) in [6.07, 6.45) is 29.6. The first kappa shape index (κ1) is 24.5. The molecule has 0 aromatic heterocycles. The van der Waals surface area contributed by atoms with Crippen LogP contribution in [0.3, 0.4) is 0 Å². The lowest BCUT2D eigenvalue weighted by Crippen LogP contribution is -1.98. The molecule has 0 spiro atoms. The van der Waals surface area contributed by atoms with E-state index in [1.165, 1.54) is 116 Å². The van der Waals surface area contributed by atoms with Crippen molar-refractivity contribution in [3.63, 3.8) is 0 Å². The van der Waals surface area contributed by atoms with Gasteiger partial charge in [-0.1, -0.05) is 117 Å². The van der Waals surface area contributed by atoms with E-state index >= 15 is 0 Å². The molecule has 0 aliphatic heterocycles. The van der Waals surface area contributed by atoms with Crippen LogP contribution in [0.15, 0.2) is 12.3 Å². The first-order valence-electron chi connectivity index (χ1n) is 11.5. The third kappa shape index (κ3) is 19.7. The summed E-state index contributed by atoms with van der Waals surface area (Å²) in [6.45, 7) is 4.58. The quantitative estimate of drug-likeness (QED) is 0.157. The Morgan fingerprint density at radius 1 is 0.560 bits per heavy atom. The maximum Gasteiger partial charge on any atom is 0.0787 e. The van der Waals surface area contributed by atoms with Crippen molar-refractivity contribution in [2.24, 2.45) is 5.92 Å². The van der Waals surface area contributed by atoms with Crippen molar-refractivity contribution < 1.29 is 4.74 Å². The van der Waals surface area contributed by atoms with E-state index in [4.69, 9.17) is 4.74 Å². The average molecular weight is 353 g/mol. The number of unbranched alkanes of at least 4 members (excludes halogenated alkanes) is 14. The minimum absolute atomic E-state index is 0.736. The van der Waals surface area contributed by atoms with Gasteiger partial charge < -0.3 is 4.74 Å². The molecule has 1 nitrogen and oxygen atoms in total. The minimum Gasteiger partial charge on any atom is -0.505 e. The van der Waals surface area contributed by atoms with Crippen LogP contribution in [-0.2, 0) is 4.74 Å². The van der Waals surface area contributed by atoms with Crippen LogP contribution in [-0.4, -0.2) is 7.11 Å². The van der Waals surface area contributed by atoms with Crippen LogP contribution >= 0.6 is 0 Å². The number of hydrogen-bond acceptors (Lipinski definition) is 1. The molecule has 0 radical (unpaired) electrons. The topological polar surface area (TPSA) is 9.23 Å². The van der Waals surface area contributed by atoms with Crippen LogP contribution in [0.25, 0.3) is 0 Å². The fourth-order valence-corrected chi connectivity index (χ4v) is 3.61. The van der Waals surface area contributed by atoms with E-state index in [-0.39, 0.29) is 0 Å². The van der Waals surface area contributed by atoms with Gasteiger partial charge in [0.15, 0.2) is 0 Å². The van der Waals surface area contributed by atoms with Crippen molar-refractivity contribution in [2.75, 3.05) is 7.11 Å². The minimum atomic E-state index is 0.736. The molecule has 0 aromatic carbocycles. The molecule has 0 aromatic rings. The molecule has 0 N–H and O–H groups in total. The van der Waals surface area contributed by atoms with Crippen LogP contribution in [0.5, 0.6) is 0 Å². The molecule has 0 heterocycles. The molecule has 1 atom stereocenters. The fourth-order valence-electron chi connectivity index (χ4n) is 3.61. The molecule has 1 heteroatoms. The van der Waals surface area contributed by atoms with Crippen molar-refractivity contribution in [1.82, 2.24) is 0 Å². The van der Waals surface area contributed by atoms with Crippen molar-refractivity contribution in [3.8, 4) is 0 Å². The third-order valence-electron chi connectivity index (χ3n) is 5.34. The molecule has 0 fully saturated rings. The van der Waals surface area contributed by atoms with Gasteiger partial charge in [-0.05, 0) is 24.8 Å². The molecular weight excluding hydrogens is 304 g/mol. The van der Waals surface area contributed by atoms with E-state index in [9.17, 15) is 0 Å². The summed E-state index contributed by atoms with van der Waals surface area (Å²) in [6, 6.07) is 0. The highest BCUT2D eigenvalue weighted by Crippen LogP contribution is 2.20. The largest absolute Gasteiger partial charge is 0.505 e. The predicted molar refractivity (Wildman–Crippen MR) is 114 cm³/mol. The molecular formula is C24H48O. The van der Waals surface area contributed by atoms with E-state index in [2.05, 4.69) is 19.9 Å². The molecule has 150 valence electrons.